The molecule has 1 aliphatic rings. The van der Waals surface area contributed by atoms with Crippen LogP contribution in [0.4, 0.5) is 0 Å². The first-order chi connectivity index (χ1) is 7.41. The topological polar surface area (TPSA) is 84.5 Å². The van der Waals surface area contributed by atoms with Crippen molar-refractivity contribution in [2.45, 2.75) is 6.04 Å². The maximum absolute atomic E-state index is 11.2. The average molecular weight is 280 g/mol. The van der Waals surface area contributed by atoms with Gasteiger partial charge in [0.15, 0.2) is 0 Å². The molecule has 5 nitrogen and oxygen atoms in total. The average Bonchev–Trinajstić information content (AvgIpc) is 2.39. The van der Waals surface area contributed by atoms with E-state index in [1.165, 1.54) is 0 Å². The molecule has 0 aliphatic carbocycles. The van der Waals surface area contributed by atoms with Crippen LogP contribution in [0.15, 0.2) is 22.6 Å². The van der Waals surface area contributed by atoms with Gasteiger partial charge in [-0.1, -0.05) is 29.3 Å². The van der Waals surface area contributed by atoms with Gasteiger partial charge in [0.2, 0.25) is 0 Å². The van der Waals surface area contributed by atoms with Crippen molar-refractivity contribution in [2.75, 3.05) is 0 Å². The van der Waals surface area contributed by atoms with Crippen molar-refractivity contribution in [1.82, 2.24) is 4.72 Å². The van der Waals surface area contributed by atoms with Gasteiger partial charge in [0, 0.05) is 15.6 Å². The molecule has 0 aromatic heterocycles. The van der Waals surface area contributed by atoms with Crippen molar-refractivity contribution in [3.05, 3.63) is 33.8 Å². The van der Waals surface area contributed by atoms with Gasteiger partial charge in [-0.25, -0.2) is 0 Å². The molecule has 1 unspecified atom stereocenters. The summed E-state index contributed by atoms with van der Waals surface area (Å²) in [5.74, 6) is -0.0741. The summed E-state index contributed by atoms with van der Waals surface area (Å²) in [6, 6.07) is 4.06. The summed E-state index contributed by atoms with van der Waals surface area (Å²) in [5, 5.41) is 0.667. The van der Waals surface area contributed by atoms with E-state index in [0.717, 1.165) is 0 Å². The summed E-state index contributed by atoms with van der Waals surface area (Å²) in [6.07, 6.45) is 0. The van der Waals surface area contributed by atoms with Gasteiger partial charge in [0.1, 0.15) is 11.9 Å². The van der Waals surface area contributed by atoms with Gasteiger partial charge >= 0.3 is 10.2 Å². The first-order valence-electron chi connectivity index (χ1n) is 4.22. The number of benzene rings is 1. The molecule has 0 amide bonds. The van der Waals surface area contributed by atoms with Crippen LogP contribution >= 0.6 is 23.2 Å². The largest absolute Gasteiger partial charge is 0.385 e. The molecule has 1 aromatic carbocycles. The lowest BCUT2D eigenvalue weighted by Gasteiger charge is -2.13. The first-order valence-corrected chi connectivity index (χ1v) is 6.42. The van der Waals surface area contributed by atoms with E-state index in [-0.39, 0.29) is 5.84 Å². The number of nitrogens with one attached hydrogen (secondary N) is 1. The molecule has 2 rings (SSSR count). The molecule has 16 heavy (non-hydrogen) atoms. The standard InChI is InChI=1S/C8H7Cl2N3O2S/c9-4-2-1-3-5(10)6(4)7-8(11)13-16(14,15)12-7/h1-3,7,12H,(H2,11,13). The van der Waals surface area contributed by atoms with Crippen LogP contribution < -0.4 is 10.5 Å². The molecule has 0 radical (unpaired) electrons. The molecule has 0 bridgehead atoms. The Labute approximate surface area is 102 Å². The molecular weight excluding hydrogens is 273 g/mol. The Morgan fingerprint density at radius 1 is 1.31 bits per heavy atom. The third kappa shape index (κ3) is 2.01. The molecule has 1 heterocycles. The smallest absolute Gasteiger partial charge is 0.322 e. The van der Waals surface area contributed by atoms with Crippen molar-refractivity contribution in [1.29, 1.82) is 0 Å². The zero-order valence-corrected chi connectivity index (χ0v) is 10.1. The molecule has 1 aromatic rings. The van der Waals surface area contributed by atoms with Gasteiger partial charge in [-0.3, -0.25) is 0 Å². The fourth-order valence-corrected chi connectivity index (χ4v) is 3.01. The summed E-state index contributed by atoms with van der Waals surface area (Å²) in [7, 11) is -3.73. The van der Waals surface area contributed by atoms with Crippen molar-refractivity contribution in [3.63, 3.8) is 0 Å². The number of halogens is 2. The van der Waals surface area contributed by atoms with Gasteiger partial charge in [-0.15, -0.1) is 4.40 Å². The van der Waals surface area contributed by atoms with Crippen LogP contribution in [0.25, 0.3) is 0 Å². The number of amidine groups is 1. The molecule has 1 aliphatic heterocycles. The third-order valence-electron chi connectivity index (χ3n) is 2.08. The predicted molar refractivity (Wildman–Crippen MR) is 62.9 cm³/mol. The highest BCUT2D eigenvalue weighted by molar-refractivity contribution is 7.88. The van der Waals surface area contributed by atoms with E-state index in [4.69, 9.17) is 28.9 Å². The molecule has 8 heteroatoms. The lowest BCUT2D eigenvalue weighted by Crippen LogP contribution is -2.28. The fourth-order valence-electron chi connectivity index (χ4n) is 1.42. The second-order valence-electron chi connectivity index (χ2n) is 3.18. The molecular formula is C8H7Cl2N3O2S. The Kier molecular flexibility index (Phi) is 2.83. The van der Waals surface area contributed by atoms with Crippen LogP contribution in [0.2, 0.25) is 10.0 Å². The zero-order chi connectivity index (χ0) is 11.9. The summed E-state index contributed by atoms with van der Waals surface area (Å²) in [4.78, 5) is 0. The highest BCUT2D eigenvalue weighted by atomic mass is 35.5. The Morgan fingerprint density at radius 2 is 1.88 bits per heavy atom. The maximum atomic E-state index is 11.2. The Morgan fingerprint density at radius 3 is 2.31 bits per heavy atom. The van der Waals surface area contributed by atoms with E-state index < -0.39 is 16.3 Å². The van der Waals surface area contributed by atoms with E-state index in [1.54, 1.807) is 18.2 Å². The maximum Gasteiger partial charge on any atom is 0.322 e. The number of nitrogens with two attached hydrogens (primary N) is 1. The molecule has 3 N–H and O–H groups in total. The van der Waals surface area contributed by atoms with Crippen molar-refractivity contribution >= 4 is 39.2 Å². The van der Waals surface area contributed by atoms with Crippen LogP contribution in [0.3, 0.4) is 0 Å². The van der Waals surface area contributed by atoms with Crippen molar-refractivity contribution in [3.8, 4) is 0 Å². The summed E-state index contributed by atoms with van der Waals surface area (Å²) in [5.41, 5.74) is 5.93. The predicted octanol–water partition coefficient (Wildman–Crippen LogP) is 1.24. The Hall–Kier alpha value is -0.820. The van der Waals surface area contributed by atoms with Crippen LogP contribution in [-0.2, 0) is 10.2 Å². The third-order valence-corrected chi connectivity index (χ3v) is 3.72. The fraction of sp³-hybridized carbons (Fsp3) is 0.125. The Balaban J connectivity index is 2.53. The van der Waals surface area contributed by atoms with Gasteiger partial charge in [-0.2, -0.15) is 13.1 Å². The SMILES string of the molecule is NC1=NS(=O)(=O)NC1c1c(Cl)cccc1Cl. The lowest BCUT2D eigenvalue weighted by atomic mass is 10.1. The van der Waals surface area contributed by atoms with Gasteiger partial charge in [-0.05, 0) is 12.1 Å². The summed E-state index contributed by atoms with van der Waals surface area (Å²) < 4.78 is 27.9. The molecule has 1 atom stereocenters. The van der Waals surface area contributed by atoms with Gasteiger partial charge in [0.25, 0.3) is 0 Å². The van der Waals surface area contributed by atoms with Gasteiger partial charge < -0.3 is 5.73 Å². The van der Waals surface area contributed by atoms with Crippen LogP contribution in [-0.4, -0.2) is 14.3 Å². The van der Waals surface area contributed by atoms with E-state index in [1.807, 2.05) is 0 Å². The number of hydrogen-bond donors (Lipinski definition) is 2. The zero-order valence-electron chi connectivity index (χ0n) is 7.81. The van der Waals surface area contributed by atoms with Crippen LogP contribution in [0, 0.1) is 0 Å². The Bertz CT molecular complexity index is 550. The lowest BCUT2D eigenvalue weighted by molar-refractivity contribution is 0.585. The van der Waals surface area contributed by atoms with E-state index in [9.17, 15) is 8.42 Å². The summed E-state index contributed by atoms with van der Waals surface area (Å²) >= 11 is 11.9. The van der Waals surface area contributed by atoms with Crippen molar-refractivity contribution < 1.29 is 8.42 Å². The molecule has 0 saturated carbocycles. The highest BCUT2D eigenvalue weighted by Gasteiger charge is 2.32. The van der Waals surface area contributed by atoms with Gasteiger partial charge in [0.05, 0.1) is 0 Å². The van der Waals surface area contributed by atoms with Crippen LogP contribution in [0.5, 0.6) is 0 Å². The number of hydrogen-bond acceptors (Lipinski definition) is 3. The second kappa shape index (κ2) is 3.89. The minimum absolute atomic E-state index is 0.0741. The van der Waals surface area contributed by atoms with E-state index in [2.05, 4.69) is 9.12 Å². The second-order valence-corrected chi connectivity index (χ2v) is 5.36. The molecule has 86 valence electrons. The summed E-state index contributed by atoms with van der Waals surface area (Å²) in [6.45, 7) is 0. The normalized spacial score (nSPS) is 23.1. The monoisotopic (exact) mass is 279 g/mol. The number of nitrogens with zero attached hydrogens (tertiary/aromatic N) is 1. The first kappa shape index (κ1) is 11.7. The quantitative estimate of drug-likeness (QED) is 0.811. The van der Waals surface area contributed by atoms with E-state index in [0.29, 0.717) is 15.6 Å². The number of rotatable bonds is 1. The van der Waals surface area contributed by atoms with E-state index >= 15 is 0 Å². The molecule has 0 fully saturated rings. The highest BCUT2D eigenvalue weighted by Crippen LogP contribution is 2.32. The molecule has 0 saturated heterocycles. The molecule has 0 spiro atoms. The minimum atomic E-state index is -3.73. The minimum Gasteiger partial charge on any atom is -0.385 e. The van der Waals surface area contributed by atoms with Crippen LogP contribution in [0.1, 0.15) is 11.6 Å². The van der Waals surface area contributed by atoms with Crippen molar-refractivity contribution in [2.24, 2.45) is 10.1 Å².